The summed E-state index contributed by atoms with van der Waals surface area (Å²) in [6.07, 6.45) is 1.14. The van der Waals surface area contributed by atoms with Gasteiger partial charge in [0.1, 0.15) is 0 Å². The maximum atomic E-state index is 5.83. The Kier molecular flexibility index (Phi) is 8.08. The lowest BCUT2D eigenvalue weighted by atomic mass is 9.79. The van der Waals surface area contributed by atoms with Crippen molar-refractivity contribution in [2.45, 2.75) is 85.9 Å². The van der Waals surface area contributed by atoms with Crippen molar-refractivity contribution in [1.82, 2.24) is 0 Å². The van der Waals surface area contributed by atoms with E-state index in [1.807, 2.05) is 0 Å². The zero-order valence-electron chi connectivity index (χ0n) is 19.8. The van der Waals surface area contributed by atoms with Crippen LogP contribution in [0.2, 0.25) is 0 Å². The first-order chi connectivity index (χ1) is 13.5. The molecule has 2 aromatic carbocycles. The fourth-order valence-corrected chi connectivity index (χ4v) is 3.92. The number of hydrogen-bond acceptors (Lipinski definition) is 2. The molecule has 0 saturated heterocycles. The first-order valence-corrected chi connectivity index (χ1v) is 10.9. The van der Waals surface area contributed by atoms with Crippen LogP contribution in [0.1, 0.15) is 81.3 Å². The van der Waals surface area contributed by atoms with Crippen molar-refractivity contribution in [2.75, 3.05) is 13.2 Å². The Balaban J connectivity index is 1.75. The van der Waals surface area contributed by atoms with E-state index >= 15 is 0 Å². The molecular formula is C27H40O2. The Bertz CT molecular complexity index is 797. The summed E-state index contributed by atoms with van der Waals surface area (Å²) in [6.45, 7) is 20.5. The van der Waals surface area contributed by atoms with Crippen LogP contribution >= 0.6 is 0 Å². The maximum absolute atomic E-state index is 5.83. The Hall–Kier alpha value is -1.64. The molecule has 0 aromatic heterocycles. The molecule has 0 N–H and O–H groups in total. The lowest BCUT2D eigenvalue weighted by Gasteiger charge is -2.25. The Labute approximate surface area is 178 Å². The quantitative estimate of drug-likeness (QED) is 0.424. The number of hydrogen-bond donors (Lipinski definition) is 0. The molecule has 0 radical (unpaired) electrons. The van der Waals surface area contributed by atoms with Gasteiger partial charge in [-0.1, -0.05) is 77.9 Å². The molecule has 160 valence electrons. The van der Waals surface area contributed by atoms with Crippen molar-refractivity contribution in [2.24, 2.45) is 0 Å². The third-order valence-corrected chi connectivity index (χ3v) is 5.91. The summed E-state index contributed by atoms with van der Waals surface area (Å²) >= 11 is 0. The Morgan fingerprint density at radius 2 is 1.14 bits per heavy atom. The highest BCUT2D eigenvalue weighted by Gasteiger charge is 2.20. The smallest absolute Gasteiger partial charge is 0.0718 e. The van der Waals surface area contributed by atoms with Gasteiger partial charge in [-0.2, -0.15) is 0 Å². The molecule has 0 spiro atoms. The molecule has 0 fully saturated rings. The Morgan fingerprint density at radius 1 is 0.690 bits per heavy atom. The van der Waals surface area contributed by atoms with E-state index in [9.17, 15) is 0 Å². The molecule has 0 aliphatic carbocycles. The van der Waals surface area contributed by atoms with Crippen molar-refractivity contribution in [3.8, 4) is 0 Å². The molecule has 0 aliphatic heterocycles. The molecule has 0 atom stereocenters. The molecule has 2 heteroatoms. The largest absolute Gasteiger partial charge is 0.374 e. The fourth-order valence-electron chi connectivity index (χ4n) is 3.92. The van der Waals surface area contributed by atoms with E-state index in [2.05, 4.69) is 91.8 Å². The van der Waals surface area contributed by atoms with Gasteiger partial charge in [0.25, 0.3) is 0 Å². The molecule has 2 nitrogen and oxygen atoms in total. The molecule has 0 unspecified atom stereocenters. The summed E-state index contributed by atoms with van der Waals surface area (Å²) in [6, 6.07) is 13.4. The fraction of sp³-hybridized carbons (Fsp3) is 0.556. The minimum absolute atomic E-state index is 0.181. The number of aryl methyl sites for hydroxylation is 2. The molecular weight excluding hydrogens is 356 g/mol. The number of benzene rings is 2. The van der Waals surface area contributed by atoms with E-state index < -0.39 is 0 Å². The van der Waals surface area contributed by atoms with Gasteiger partial charge in [0.2, 0.25) is 0 Å². The Morgan fingerprint density at radius 3 is 1.52 bits per heavy atom. The van der Waals surface area contributed by atoms with Crippen molar-refractivity contribution in [3.63, 3.8) is 0 Å². The van der Waals surface area contributed by atoms with Crippen molar-refractivity contribution >= 4 is 0 Å². The van der Waals surface area contributed by atoms with Crippen LogP contribution in [0, 0.1) is 13.8 Å². The van der Waals surface area contributed by atoms with Crippen LogP contribution in [-0.2, 0) is 33.5 Å². The minimum Gasteiger partial charge on any atom is -0.374 e. The van der Waals surface area contributed by atoms with Crippen LogP contribution in [0.3, 0.4) is 0 Å². The van der Waals surface area contributed by atoms with Crippen LogP contribution in [0.4, 0.5) is 0 Å². The molecule has 0 amide bonds. The lowest BCUT2D eigenvalue weighted by molar-refractivity contribution is 0.0338. The minimum atomic E-state index is 0.181. The van der Waals surface area contributed by atoms with Crippen LogP contribution in [0.5, 0.6) is 0 Å². The van der Waals surface area contributed by atoms with Gasteiger partial charge in [-0.3, -0.25) is 0 Å². The van der Waals surface area contributed by atoms with E-state index in [0.717, 1.165) is 6.42 Å². The van der Waals surface area contributed by atoms with Gasteiger partial charge in [-0.25, -0.2) is 0 Å². The summed E-state index contributed by atoms with van der Waals surface area (Å²) in [5, 5.41) is 0. The van der Waals surface area contributed by atoms with Crippen molar-refractivity contribution in [1.29, 1.82) is 0 Å². The second kappa shape index (κ2) is 9.91. The van der Waals surface area contributed by atoms with Gasteiger partial charge in [0.05, 0.1) is 26.4 Å². The summed E-state index contributed by atoms with van der Waals surface area (Å²) < 4.78 is 11.6. The zero-order chi connectivity index (χ0) is 21.7. The highest BCUT2D eigenvalue weighted by Crippen LogP contribution is 2.30. The summed E-state index contributed by atoms with van der Waals surface area (Å²) in [5.41, 5.74) is 8.36. The first-order valence-electron chi connectivity index (χ1n) is 10.9. The maximum Gasteiger partial charge on any atom is 0.0718 e. The molecule has 0 aliphatic rings. The van der Waals surface area contributed by atoms with Crippen LogP contribution in [0.25, 0.3) is 0 Å². The third-order valence-electron chi connectivity index (χ3n) is 5.91. The van der Waals surface area contributed by atoms with Crippen molar-refractivity contribution in [3.05, 3.63) is 69.8 Å². The van der Waals surface area contributed by atoms with E-state index in [4.69, 9.17) is 9.47 Å². The highest BCUT2D eigenvalue weighted by atomic mass is 16.5. The SMILES string of the molecule is CCC(C)(C)c1ccc(COCCOCc2ccc(C(C)(C)C)c(C)c2)cc1C. The molecule has 29 heavy (non-hydrogen) atoms. The predicted molar refractivity (Wildman–Crippen MR) is 124 cm³/mol. The van der Waals surface area contributed by atoms with Gasteiger partial charge in [0.15, 0.2) is 0 Å². The van der Waals surface area contributed by atoms with Gasteiger partial charge in [0, 0.05) is 0 Å². The molecule has 2 aromatic rings. The van der Waals surface area contributed by atoms with E-state index in [-0.39, 0.29) is 10.8 Å². The van der Waals surface area contributed by atoms with Crippen molar-refractivity contribution < 1.29 is 9.47 Å². The van der Waals surface area contributed by atoms with Gasteiger partial charge in [-0.05, 0) is 64.5 Å². The zero-order valence-corrected chi connectivity index (χ0v) is 19.8. The molecule has 2 rings (SSSR count). The standard InChI is InChI=1S/C27H40O2/c1-9-27(7,8)25-13-11-23(17-21(25)3)19-29-15-14-28-18-22-10-12-24(20(2)16-22)26(4,5)6/h10-13,16-17H,9,14-15,18-19H2,1-8H3. The van der Waals surface area contributed by atoms with Crippen LogP contribution in [-0.4, -0.2) is 13.2 Å². The average Bonchev–Trinajstić information content (AvgIpc) is 2.63. The summed E-state index contributed by atoms with van der Waals surface area (Å²) in [7, 11) is 0. The number of ether oxygens (including phenoxy) is 2. The highest BCUT2D eigenvalue weighted by molar-refractivity contribution is 5.36. The van der Waals surface area contributed by atoms with Crippen LogP contribution in [0.15, 0.2) is 36.4 Å². The second-order valence-electron chi connectivity index (χ2n) is 9.89. The van der Waals surface area contributed by atoms with E-state index in [1.165, 1.54) is 33.4 Å². The van der Waals surface area contributed by atoms with Crippen LogP contribution < -0.4 is 0 Å². The summed E-state index contributed by atoms with van der Waals surface area (Å²) in [4.78, 5) is 0. The topological polar surface area (TPSA) is 18.5 Å². The normalized spacial score (nSPS) is 12.4. The van der Waals surface area contributed by atoms with Gasteiger partial charge < -0.3 is 9.47 Å². The van der Waals surface area contributed by atoms with E-state index in [1.54, 1.807) is 0 Å². The van der Waals surface area contributed by atoms with Gasteiger partial charge in [-0.15, -0.1) is 0 Å². The second-order valence-corrected chi connectivity index (χ2v) is 9.89. The average molecular weight is 397 g/mol. The third kappa shape index (κ3) is 6.69. The molecule has 0 saturated carbocycles. The molecule has 0 heterocycles. The number of rotatable bonds is 9. The van der Waals surface area contributed by atoms with E-state index in [0.29, 0.717) is 26.4 Å². The summed E-state index contributed by atoms with van der Waals surface area (Å²) in [5.74, 6) is 0. The molecule has 0 bridgehead atoms. The lowest BCUT2D eigenvalue weighted by Crippen LogP contribution is -2.17. The predicted octanol–water partition coefficient (Wildman–Crippen LogP) is 7.02. The monoisotopic (exact) mass is 396 g/mol. The van der Waals surface area contributed by atoms with Gasteiger partial charge >= 0.3 is 0 Å². The first kappa shape index (κ1) is 23.6.